The fourth-order valence-electron chi connectivity index (χ4n) is 8.97. The molecule has 0 spiro atoms. The number of para-hydroxylation sites is 1. The normalized spacial score (nSPS) is 13.8. The summed E-state index contributed by atoms with van der Waals surface area (Å²) in [6, 6.07) is 10.7. The number of rotatable bonds is 35. The van der Waals surface area contributed by atoms with Crippen LogP contribution in [0.5, 0.6) is 5.75 Å². The molecule has 0 bridgehead atoms. The Balaban J connectivity index is 1.42. The van der Waals surface area contributed by atoms with Crippen molar-refractivity contribution in [1.29, 1.82) is 0 Å². The van der Waals surface area contributed by atoms with Gasteiger partial charge in [-0.3, -0.25) is 48.3 Å². The number of aromatic amines is 2. The molecule has 28 nitrogen and oxygen atoms in total. The third-order valence-electron chi connectivity index (χ3n) is 13.3. The summed E-state index contributed by atoms with van der Waals surface area (Å²) in [7, 11) is 0. The Kier molecular flexibility index (Phi) is 27.0. The summed E-state index contributed by atoms with van der Waals surface area (Å²) in [4.78, 5) is 143. The number of nitrogens with one attached hydrogen (secondary N) is 10. The molecule has 2 aromatic heterocycles. The van der Waals surface area contributed by atoms with Crippen molar-refractivity contribution in [1.82, 2.24) is 57.5 Å². The molecule has 462 valence electrons. The van der Waals surface area contributed by atoms with E-state index in [2.05, 4.69) is 92.7 Å². The van der Waals surface area contributed by atoms with Crippen LogP contribution in [0.1, 0.15) is 61.4 Å². The molecule has 5 aromatic rings. The summed E-state index contributed by atoms with van der Waals surface area (Å²) in [6.07, 6.45) is 3.96. The van der Waals surface area contributed by atoms with Gasteiger partial charge in [0.15, 0.2) is 11.9 Å². The van der Waals surface area contributed by atoms with Gasteiger partial charge in [-0.25, -0.2) is 9.78 Å². The van der Waals surface area contributed by atoms with E-state index in [0.717, 1.165) is 10.9 Å². The minimum absolute atomic E-state index is 0.0177. The van der Waals surface area contributed by atoms with Crippen molar-refractivity contribution in [2.24, 2.45) is 32.9 Å². The van der Waals surface area contributed by atoms with Gasteiger partial charge >= 0.3 is 5.97 Å². The van der Waals surface area contributed by atoms with E-state index in [1.807, 2.05) is 6.07 Å². The Bertz CT molecular complexity index is 3140. The fraction of sp³-hybridized carbons (Fsp3) is 0.393. The molecule has 30 heteroatoms. The van der Waals surface area contributed by atoms with Crippen molar-refractivity contribution < 1.29 is 53.4 Å². The summed E-state index contributed by atoms with van der Waals surface area (Å²) in [5.74, 6) is -8.49. The molecule has 0 unspecified atom stereocenters. The number of imidazole rings is 1. The van der Waals surface area contributed by atoms with Gasteiger partial charge in [-0.05, 0) is 72.7 Å². The van der Waals surface area contributed by atoms with E-state index in [1.165, 1.54) is 31.6 Å². The zero-order valence-electron chi connectivity index (χ0n) is 47.2. The fourth-order valence-corrected chi connectivity index (χ4v) is 9.48. The van der Waals surface area contributed by atoms with E-state index in [9.17, 15) is 53.4 Å². The predicted octanol–water partition coefficient (Wildman–Crippen LogP) is -1.79. The van der Waals surface area contributed by atoms with Gasteiger partial charge in [0.2, 0.25) is 47.3 Å². The number of benzene rings is 3. The highest BCUT2D eigenvalue weighted by Gasteiger charge is 2.35. The number of H-pyrrole nitrogens is 2. The lowest BCUT2D eigenvalue weighted by Gasteiger charge is -2.28. The lowest BCUT2D eigenvalue weighted by Crippen LogP contribution is -2.61. The van der Waals surface area contributed by atoms with Crippen molar-refractivity contribution in [2.45, 2.75) is 113 Å². The van der Waals surface area contributed by atoms with E-state index in [-0.39, 0.29) is 100 Å². The van der Waals surface area contributed by atoms with E-state index in [4.69, 9.17) is 22.9 Å². The number of nitrogens with zero attached hydrogens (tertiary/aromatic N) is 3. The van der Waals surface area contributed by atoms with Crippen molar-refractivity contribution in [3.05, 3.63) is 120 Å². The molecule has 0 aliphatic heterocycles. The van der Waals surface area contributed by atoms with Crippen molar-refractivity contribution >= 4 is 101 Å². The van der Waals surface area contributed by atoms with Gasteiger partial charge < -0.3 is 85.6 Å². The number of hydrogen-bond acceptors (Lipinski definition) is 15. The molecular formula is C56H75N17O11S2. The van der Waals surface area contributed by atoms with Gasteiger partial charge in [-0.15, -0.1) is 0 Å². The molecule has 20 N–H and O–H groups in total. The number of guanidine groups is 2. The number of phenols is 1. The maximum absolute atomic E-state index is 14.8. The van der Waals surface area contributed by atoms with Crippen molar-refractivity contribution in [3.63, 3.8) is 0 Å². The highest BCUT2D eigenvalue weighted by molar-refractivity contribution is 7.80. The van der Waals surface area contributed by atoms with E-state index < -0.39 is 102 Å². The summed E-state index contributed by atoms with van der Waals surface area (Å²) >= 11 is 8.42. The van der Waals surface area contributed by atoms with Crippen LogP contribution >= 0.6 is 25.3 Å². The maximum atomic E-state index is 14.8. The minimum Gasteiger partial charge on any atom is -0.508 e. The summed E-state index contributed by atoms with van der Waals surface area (Å²) in [6.45, 7) is 1.30. The number of amides is 8. The van der Waals surface area contributed by atoms with Crippen LogP contribution in [-0.4, -0.2) is 163 Å². The van der Waals surface area contributed by atoms with Crippen LogP contribution < -0.4 is 65.5 Å². The SMILES string of the molecule is CC(=O)N[C@@H](Cc1ccc(O)cc1)C(=O)N[C@@H](CCCN=C(N)N)C(=O)N[C@@H](CCS)C(=O)N[C@@H](Cc1cnc[nH]1)C(=O)N[C@H](Cc1ccccc1)C(=O)N[C@@H](CCCN=C(N)N)C(=O)N[C@@H](Cc1c[nH]c2ccccc12)C(=O)N[C@@H](CS)C(=O)O. The number of aliphatic imine (C=N–C) groups is 2. The number of phenolic OH excluding ortho intramolecular Hbond substituents is 1. The molecule has 0 saturated heterocycles. The first-order valence-electron chi connectivity index (χ1n) is 27.4. The van der Waals surface area contributed by atoms with Gasteiger partial charge in [-0.2, -0.15) is 25.3 Å². The molecular weight excluding hydrogens is 1150 g/mol. The molecule has 0 radical (unpaired) electrons. The van der Waals surface area contributed by atoms with Crippen molar-refractivity contribution in [3.8, 4) is 5.75 Å². The quantitative estimate of drug-likeness (QED) is 0.00922. The summed E-state index contributed by atoms with van der Waals surface area (Å²) < 4.78 is 0. The minimum atomic E-state index is -1.48. The molecule has 5 rings (SSSR count). The van der Waals surface area contributed by atoms with Crippen LogP contribution in [-0.2, 0) is 68.8 Å². The number of hydrogen-bond donors (Lipinski definition) is 18. The molecule has 0 aliphatic carbocycles. The first kappa shape index (κ1) is 67.5. The molecule has 0 saturated carbocycles. The van der Waals surface area contributed by atoms with Crippen LogP contribution in [0.25, 0.3) is 10.9 Å². The number of carboxylic acid groups (broad SMARTS) is 1. The van der Waals surface area contributed by atoms with Crippen LogP contribution in [0.2, 0.25) is 0 Å². The van der Waals surface area contributed by atoms with E-state index >= 15 is 0 Å². The molecule has 86 heavy (non-hydrogen) atoms. The monoisotopic (exact) mass is 1230 g/mol. The molecule has 2 heterocycles. The highest BCUT2D eigenvalue weighted by Crippen LogP contribution is 2.20. The number of carbonyl (C=O) groups excluding carboxylic acids is 8. The molecule has 8 amide bonds. The number of thiol groups is 2. The van der Waals surface area contributed by atoms with E-state index in [1.54, 1.807) is 66.9 Å². The Hall–Kier alpha value is -9.32. The lowest BCUT2D eigenvalue weighted by atomic mass is 10.0. The maximum Gasteiger partial charge on any atom is 0.327 e. The largest absolute Gasteiger partial charge is 0.508 e. The third-order valence-corrected chi connectivity index (χ3v) is 14.0. The Labute approximate surface area is 506 Å². The number of aliphatic carboxylic acids is 1. The van der Waals surface area contributed by atoms with E-state index in [0.29, 0.717) is 22.4 Å². The van der Waals surface area contributed by atoms with Crippen LogP contribution in [0.3, 0.4) is 0 Å². The number of carboxylic acids is 1. The number of fused-ring (bicyclic) bond motifs is 1. The second-order valence-corrected chi connectivity index (χ2v) is 20.8. The van der Waals surface area contributed by atoms with Gasteiger partial charge in [0, 0.05) is 80.4 Å². The number of carbonyl (C=O) groups is 9. The Morgan fingerprint density at radius 1 is 0.535 bits per heavy atom. The number of aromatic hydroxyl groups is 1. The summed E-state index contributed by atoms with van der Waals surface area (Å²) in [5, 5.41) is 41.6. The third kappa shape index (κ3) is 22.4. The second kappa shape index (κ2) is 34.5. The zero-order chi connectivity index (χ0) is 62.7. The second-order valence-electron chi connectivity index (χ2n) is 20.0. The van der Waals surface area contributed by atoms with Crippen LogP contribution in [0, 0.1) is 0 Å². The average Bonchev–Trinajstić information content (AvgIpc) is 2.89. The number of aromatic nitrogens is 3. The van der Waals surface area contributed by atoms with Crippen molar-refractivity contribution in [2.75, 3.05) is 24.6 Å². The molecule has 8 atom stereocenters. The summed E-state index contributed by atoms with van der Waals surface area (Å²) in [5.41, 5.74) is 25.1. The standard InChI is InChI=1S/C56H75N17O11S2/c1-31(74)66-42(24-33-15-17-36(75)18-16-33)50(79)67-39(13-7-20-62-55(57)58)47(76)69-41(19-22-85)49(78)72-45(26-35-28-61-30-65-35)53(82)70-43(23-32-9-3-2-4-10-32)51(80)68-40(14-8-21-63-56(59)60)48(77)71-44(52(81)73-46(29-86)54(83)84)25-34-27-64-38-12-6-5-11-37(34)38/h2-6,9-12,15-18,27-28,30,39-46,64,75,85-86H,7-8,13-14,19-26,29H2,1H3,(H,61,65)(H,66,74)(H,67,79)(H,68,80)(H,69,76)(H,70,82)(H,71,77)(H,72,78)(H,73,81)(H,83,84)(H4,57,58,62)(H4,59,60,63)/t39-,40-,41-,42-,43+,44-,45-,46-/m0/s1. The molecule has 0 fully saturated rings. The average molecular weight is 1230 g/mol. The smallest absolute Gasteiger partial charge is 0.327 e. The first-order chi connectivity index (χ1) is 41.1. The Morgan fingerprint density at radius 2 is 0.977 bits per heavy atom. The predicted molar refractivity (Wildman–Crippen MR) is 327 cm³/mol. The lowest BCUT2D eigenvalue weighted by molar-refractivity contribution is -0.141. The topological polar surface area (TPSA) is 464 Å². The Morgan fingerprint density at radius 3 is 1.45 bits per heavy atom. The molecule has 3 aromatic carbocycles. The number of nitrogens with two attached hydrogens (primary N) is 4. The van der Waals surface area contributed by atoms with Gasteiger partial charge in [-0.1, -0.05) is 60.7 Å². The zero-order valence-corrected chi connectivity index (χ0v) is 49.0. The highest BCUT2D eigenvalue weighted by atomic mass is 32.1. The first-order valence-corrected chi connectivity index (χ1v) is 28.7. The van der Waals surface area contributed by atoms with Crippen LogP contribution in [0.15, 0.2) is 108 Å². The van der Waals surface area contributed by atoms with Gasteiger partial charge in [0.25, 0.3) is 0 Å². The van der Waals surface area contributed by atoms with Crippen LogP contribution in [0.4, 0.5) is 0 Å². The van der Waals surface area contributed by atoms with Gasteiger partial charge in [0.1, 0.15) is 54.1 Å². The van der Waals surface area contributed by atoms with Gasteiger partial charge in [0.05, 0.1) is 6.33 Å². The molecule has 0 aliphatic rings.